The normalized spacial score (nSPS) is 10.8. The van der Waals surface area contributed by atoms with E-state index in [0.717, 1.165) is 0 Å². The number of hydrogen-bond acceptors (Lipinski definition) is 8. The molecular weight excluding hydrogens is 472 g/mol. The second kappa shape index (κ2) is 14.3. The van der Waals surface area contributed by atoms with Crippen LogP contribution >= 0.6 is 11.3 Å². The van der Waals surface area contributed by atoms with Gasteiger partial charge in [-0.25, -0.2) is 0 Å². The molecule has 0 spiro atoms. The van der Waals surface area contributed by atoms with Crippen LogP contribution < -0.4 is 20.1 Å². The molecule has 0 aliphatic rings. The van der Waals surface area contributed by atoms with Crippen LogP contribution in [0, 0.1) is 0 Å². The highest BCUT2D eigenvalue weighted by molar-refractivity contribution is 7.12. The predicted octanol–water partition coefficient (Wildman–Crippen LogP) is 2.92. The Labute approximate surface area is 206 Å². The Morgan fingerprint density at radius 3 is 2.40 bits per heavy atom. The summed E-state index contributed by atoms with van der Waals surface area (Å²) in [5, 5.41) is 15.6. The molecule has 1 unspecified atom stereocenters. The molecule has 1 amide bonds. The van der Waals surface area contributed by atoms with E-state index in [-0.39, 0.29) is 24.8 Å². The van der Waals surface area contributed by atoms with Crippen LogP contribution in [0.15, 0.2) is 66.0 Å². The lowest BCUT2D eigenvalue weighted by atomic mass is 10.1. The number of rotatable bonds is 11. The number of aliphatic carboxylic acids is 1. The molecule has 3 N–H and O–H groups in total. The average Bonchev–Trinajstić information content (AvgIpc) is 3.43. The Hall–Kier alpha value is -4.02. The molecule has 35 heavy (non-hydrogen) atoms. The molecule has 0 bridgehead atoms. The van der Waals surface area contributed by atoms with Crippen molar-refractivity contribution in [2.45, 2.75) is 6.04 Å². The number of ether oxygens (including phenoxy) is 2. The van der Waals surface area contributed by atoms with Gasteiger partial charge in [-0.2, -0.15) is 0 Å². The van der Waals surface area contributed by atoms with Gasteiger partial charge in [0.1, 0.15) is 17.5 Å². The quantitative estimate of drug-likeness (QED) is 0.272. The van der Waals surface area contributed by atoms with E-state index in [0.29, 0.717) is 33.8 Å². The fourth-order valence-electron chi connectivity index (χ4n) is 2.73. The van der Waals surface area contributed by atoms with Gasteiger partial charge in [-0.15, -0.1) is 11.3 Å². The molecule has 0 saturated heterocycles. The van der Waals surface area contributed by atoms with Gasteiger partial charge in [-0.1, -0.05) is 30.3 Å². The topological polar surface area (TPSA) is 131 Å². The summed E-state index contributed by atoms with van der Waals surface area (Å²) >= 11 is 1.32. The molecule has 3 aromatic rings. The van der Waals surface area contributed by atoms with E-state index in [1.807, 2.05) is 18.2 Å². The first-order valence-corrected chi connectivity index (χ1v) is 11.3. The highest BCUT2D eigenvalue weighted by Gasteiger charge is 2.16. The van der Waals surface area contributed by atoms with Crippen molar-refractivity contribution in [1.29, 1.82) is 0 Å². The van der Waals surface area contributed by atoms with Crippen LogP contribution in [0.2, 0.25) is 0 Å². The lowest BCUT2D eigenvalue weighted by Gasteiger charge is -2.11. The summed E-state index contributed by atoms with van der Waals surface area (Å²) in [4.78, 5) is 45.4. The van der Waals surface area contributed by atoms with E-state index < -0.39 is 12.0 Å². The van der Waals surface area contributed by atoms with Crippen LogP contribution in [-0.2, 0) is 4.79 Å². The van der Waals surface area contributed by atoms with E-state index in [1.54, 1.807) is 47.8 Å². The Morgan fingerprint density at radius 2 is 1.83 bits per heavy atom. The Morgan fingerprint density at radius 1 is 1.09 bits per heavy atom. The summed E-state index contributed by atoms with van der Waals surface area (Å²) in [7, 11) is 2.99. The first kappa shape index (κ1) is 27.2. The number of carbonyl (C=O) groups is 4. The molecular formula is C25H26N2O7S. The highest BCUT2D eigenvalue weighted by atomic mass is 32.1. The van der Waals surface area contributed by atoms with Gasteiger partial charge >= 0.3 is 5.97 Å². The number of Topliss-reactive ketones (excluding diaryl/α,β-unsaturated/α-hetero) is 1. The summed E-state index contributed by atoms with van der Waals surface area (Å²) in [6.07, 6.45) is 0.688. The maximum Gasteiger partial charge on any atom is 0.322 e. The zero-order valence-electron chi connectivity index (χ0n) is 19.2. The molecule has 0 aliphatic heterocycles. The number of benzene rings is 2. The van der Waals surface area contributed by atoms with E-state index in [4.69, 9.17) is 14.6 Å². The lowest BCUT2D eigenvalue weighted by Crippen LogP contribution is -2.44. The number of para-hydroxylation sites is 1. The van der Waals surface area contributed by atoms with Crippen LogP contribution in [0.3, 0.4) is 0 Å². The second-order valence-corrected chi connectivity index (χ2v) is 7.91. The van der Waals surface area contributed by atoms with Crippen LogP contribution in [0.25, 0.3) is 0 Å². The molecule has 184 valence electrons. The van der Waals surface area contributed by atoms with Gasteiger partial charge in [-0.05, 0) is 42.8 Å². The molecule has 9 nitrogen and oxygen atoms in total. The Bertz CT molecular complexity index is 1120. The monoisotopic (exact) mass is 498 g/mol. The summed E-state index contributed by atoms with van der Waals surface area (Å²) < 4.78 is 10.5. The second-order valence-electron chi connectivity index (χ2n) is 6.97. The van der Waals surface area contributed by atoms with Crippen molar-refractivity contribution in [3.05, 3.63) is 82.0 Å². The van der Waals surface area contributed by atoms with E-state index in [9.17, 15) is 19.2 Å². The number of thiophene rings is 1. The zero-order valence-corrected chi connectivity index (χ0v) is 20.0. The molecule has 0 aliphatic carbocycles. The molecule has 10 heteroatoms. The number of nitrogens with one attached hydrogen (secondary N) is 2. The van der Waals surface area contributed by atoms with Gasteiger partial charge in [0.2, 0.25) is 0 Å². The van der Waals surface area contributed by atoms with Gasteiger partial charge in [0, 0.05) is 12.1 Å². The standard InChI is InChI=1S/C16H14O4.C9H12N2O3S/c1-19-16-9-12(7-8-13(16)10-17)15(18)11-20-14-5-3-2-4-6-14;1-10-6(9(13)14)5-11-8(12)7-3-2-4-15-7/h2-10H,11H2,1H3;2-4,6,10H,5H2,1H3,(H,11,12)(H,13,14). The number of aldehydes is 1. The van der Waals surface area contributed by atoms with Crippen molar-refractivity contribution in [2.24, 2.45) is 0 Å². The largest absolute Gasteiger partial charge is 0.496 e. The summed E-state index contributed by atoms with van der Waals surface area (Å²) in [6, 6.07) is 16.5. The molecule has 0 saturated carbocycles. The smallest absolute Gasteiger partial charge is 0.322 e. The maximum atomic E-state index is 12.0. The van der Waals surface area contributed by atoms with Gasteiger partial charge in [0.25, 0.3) is 5.91 Å². The fraction of sp³-hybridized carbons (Fsp3) is 0.200. The molecule has 2 aromatic carbocycles. The third-order valence-corrected chi connectivity index (χ3v) is 5.52. The summed E-state index contributed by atoms with van der Waals surface area (Å²) in [5.74, 6) is -0.386. The molecule has 0 radical (unpaired) electrons. The number of carboxylic acids is 1. The number of carbonyl (C=O) groups excluding carboxylic acids is 3. The Balaban J connectivity index is 0.000000258. The van der Waals surface area contributed by atoms with Gasteiger partial charge < -0.3 is 25.2 Å². The Kier molecular flexibility index (Phi) is 11.1. The zero-order chi connectivity index (χ0) is 25.6. The molecule has 1 atom stereocenters. The summed E-state index contributed by atoms with van der Waals surface area (Å²) in [6.45, 7) is 0.0101. The fourth-order valence-corrected chi connectivity index (χ4v) is 3.37. The molecule has 0 fully saturated rings. The minimum atomic E-state index is -0.982. The van der Waals surface area contributed by atoms with Crippen LogP contribution in [-0.4, -0.2) is 62.4 Å². The lowest BCUT2D eigenvalue weighted by molar-refractivity contribution is -0.139. The SMILES string of the molecule is CNC(CNC(=O)c1cccs1)C(=O)O.COc1cc(C(=O)COc2ccccc2)ccc1C=O. The number of carboxylic acid groups (broad SMARTS) is 1. The number of amides is 1. The van der Waals surface area contributed by atoms with Crippen LogP contribution in [0.4, 0.5) is 0 Å². The predicted molar refractivity (Wildman–Crippen MR) is 132 cm³/mol. The third kappa shape index (κ3) is 8.69. The molecule has 1 aromatic heterocycles. The van der Waals surface area contributed by atoms with E-state index in [2.05, 4.69) is 10.6 Å². The van der Waals surface area contributed by atoms with Crippen molar-refractivity contribution >= 4 is 35.3 Å². The van der Waals surface area contributed by atoms with E-state index >= 15 is 0 Å². The van der Waals surface area contributed by atoms with Crippen molar-refractivity contribution < 1.29 is 33.8 Å². The number of methoxy groups -OCH3 is 1. The van der Waals surface area contributed by atoms with Crippen LogP contribution in [0.1, 0.15) is 30.4 Å². The number of likely N-dealkylation sites (N-methyl/N-ethyl adjacent to an activating group) is 1. The van der Waals surface area contributed by atoms with Gasteiger partial charge in [0.05, 0.1) is 17.6 Å². The highest BCUT2D eigenvalue weighted by Crippen LogP contribution is 2.19. The van der Waals surface area contributed by atoms with Gasteiger partial charge in [0.15, 0.2) is 18.7 Å². The summed E-state index contributed by atoms with van der Waals surface area (Å²) in [5.41, 5.74) is 0.858. The van der Waals surface area contributed by atoms with Crippen molar-refractivity contribution in [2.75, 3.05) is 27.3 Å². The van der Waals surface area contributed by atoms with Crippen molar-refractivity contribution in [1.82, 2.24) is 10.6 Å². The van der Waals surface area contributed by atoms with Crippen LogP contribution in [0.5, 0.6) is 11.5 Å². The number of hydrogen-bond donors (Lipinski definition) is 3. The van der Waals surface area contributed by atoms with Crippen molar-refractivity contribution in [3.63, 3.8) is 0 Å². The minimum absolute atomic E-state index is 0.0619. The first-order chi connectivity index (χ1) is 16.9. The molecule has 3 rings (SSSR count). The first-order valence-electron chi connectivity index (χ1n) is 10.5. The average molecular weight is 499 g/mol. The minimum Gasteiger partial charge on any atom is -0.496 e. The number of ketones is 1. The molecule has 1 heterocycles. The maximum absolute atomic E-state index is 12.0. The van der Waals surface area contributed by atoms with Gasteiger partial charge in [-0.3, -0.25) is 19.2 Å². The third-order valence-electron chi connectivity index (χ3n) is 4.65. The van der Waals surface area contributed by atoms with Crippen molar-refractivity contribution in [3.8, 4) is 11.5 Å². The van der Waals surface area contributed by atoms with E-state index in [1.165, 1.54) is 25.5 Å².